The van der Waals surface area contributed by atoms with Crippen molar-refractivity contribution in [1.82, 2.24) is 4.98 Å². The smallest absolute Gasteiger partial charge is 0.415 e. The summed E-state index contributed by atoms with van der Waals surface area (Å²) >= 11 is 0. The maximum Gasteiger partial charge on any atom is 0.415 e. The molecule has 21 heavy (non-hydrogen) atoms. The zero-order chi connectivity index (χ0) is 15.6. The molecule has 0 fully saturated rings. The number of fused-ring (bicyclic) bond motifs is 1. The maximum absolute atomic E-state index is 12.2. The molecule has 114 valence electrons. The molecule has 1 aromatic rings. The topological polar surface area (TPSA) is 78.0 Å². The van der Waals surface area contributed by atoms with Crippen molar-refractivity contribution in [3.05, 3.63) is 17.8 Å². The van der Waals surface area contributed by atoms with Gasteiger partial charge in [-0.1, -0.05) is 0 Å². The van der Waals surface area contributed by atoms with Crippen molar-refractivity contribution in [3.63, 3.8) is 0 Å². The van der Waals surface area contributed by atoms with Crippen LogP contribution < -0.4 is 9.64 Å². The third-order valence-electron chi connectivity index (χ3n) is 2.71. The second kappa shape index (κ2) is 5.59. The minimum absolute atomic E-state index is 0.246. The number of methoxy groups -OCH3 is 1. The van der Waals surface area contributed by atoms with Gasteiger partial charge in [-0.05, 0) is 26.8 Å². The monoisotopic (exact) mass is 294 g/mol. The van der Waals surface area contributed by atoms with E-state index in [1.165, 1.54) is 24.3 Å². The Morgan fingerprint density at radius 1 is 1.38 bits per heavy atom. The molecule has 0 bridgehead atoms. The van der Waals surface area contributed by atoms with Gasteiger partial charge in [-0.3, -0.25) is 4.90 Å². The highest BCUT2D eigenvalue weighted by Crippen LogP contribution is 2.31. The summed E-state index contributed by atoms with van der Waals surface area (Å²) in [5.74, 6) is -0.236. The molecule has 7 heteroatoms. The van der Waals surface area contributed by atoms with Crippen LogP contribution in [-0.2, 0) is 9.47 Å². The lowest BCUT2D eigenvalue weighted by Gasteiger charge is -2.31. The van der Waals surface area contributed by atoms with Crippen LogP contribution in [0.4, 0.5) is 10.5 Å². The fourth-order valence-corrected chi connectivity index (χ4v) is 1.84. The first-order chi connectivity index (χ1) is 9.81. The van der Waals surface area contributed by atoms with Gasteiger partial charge in [0, 0.05) is 6.20 Å². The number of ether oxygens (including phenoxy) is 3. The van der Waals surface area contributed by atoms with E-state index in [-0.39, 0.29) is 5.56 Å². The number of hydrogen-bond donors (Lipinski definition) is 0. The Kier molecular flexibility index (Phi) is 4.02. The molecular formula is C14H18N2O5. The summed E-state index contributed by atoms with van der Waals surface area (Å²) in [6.07, 6.45) is 0.847. The van der Waals surface area contributed by atoms with Gasteiger partial charge >= 0.3 is 12.1 Å². The van der Waals surface area contributed by atoms with Crippen molar-refractivity contribution in [1.29, 1.82) is 0 Å². The van der Waals surface area contributed by atoms with Crippen molar-refractivity contribution in [2.75, 3.05) is 25.2 Å². The largest absolute Gasteiger partial charge is 0.474 e. The van der Waals surface area contributed by atoms with Crippen LogP contribution in [-0.4, -0.2) is 42.9 Å². The lowest BCUT2D eigenvalue weighted by Crippen LogP contribution is -2.41. The van der Waals surface area contributed by atoms with Crippen molar-refractivity contribution in [2.45, 2.75) is 26.4 Å². The minimum Gasteiger partial charge on any atom is -0.474 e. The Balaban J connectivity index is 2.33. The third kappa shape index (κ3) is 3.42. The fraction of sp³-hybridized carbons (Fsp3) is 0.500. The second-order valence-electron chi connectivity index (χ2n) is 5.52. The zero-order valence-corrected chi connectivity index (χ0v) is 12.5. The van der Waals surface area contributed by atoms with E-state index in [0.29, 0.717) is 24.7 Å². The zero-order valence-electron chi connectivity index (χ0n) is 12.5. The molecule has 1 aliphatic heterocycles. The predicted molar refractivity (Wildman–Crippen MR) is 74.7 cm³/mol. The summed E-state index contributed by atoms with van der Waals surface area (Å²) in [6.45, 7) is 6.01. The molecule has 1 aromatic heterocycles. The number of anilines is 1. The van der Waals surface area contributed by atoms with Gasteiger partial charge in [-0.25, -0.2) is 14.6 Å². The van der Waals surface area contributed by atoms with Crippen LogP contribution in [0.3, 0.4) is 0 Å². The van der Waals surface area contributed by atoms with Crippen LogP contribution in [0.15, 0.2) is 12.3 Å². The predicted octanol–water partition coefficient (Wildman–Crippen LogP) is 2.00. The van der Waals surface area contributed by atoms with Crippen LogP contribution in [0.25, 0.3) is 0 Å². The van der Waals surface area contributed by atoms with Crippen molar-refractivity contribution in [3.8, 4) is 5.88 Å². The number of esters is 1. The highest BCUT2D eigenvalue weighted by Gasteiger charge is 2.29. The molecule has 1 aliphatic rings. The van der Waals surface area contributed by atoms with Crippen LogP contribution in [0.1, 0.15) is 31.1 Å². The molecule has 0 atom stereocenters. The molecule has 0 radical (unpaired) electrons. The minimum atomic E-state index is -0.608. The van der Waals surface area contributed by atoms with Gasteiger partial charge in [0.05, 0.1) is 19.2 Å². The van der Waals surface area contributed by atoms with Gasteiger partial charge in [0.15, 0.2) is 0 Å². The Bertz CT molecular complexity index is 565. The van der Waals surface area contributed by atoms with Gasteiger partial charge in [0.2, 0.25) is 5.88 Å². The molecule has 2 heterocycles. The summed E-state index contributed by atoms with van der Waals surface area (Å²) in [4.78, 5) is 29.2. The SMILES string of the molecule is COC(=O)c1cnc2c(c1)N(C(=O)OC(C)(C)C)CCO2. The Morgan fingerprint density at radius 2 is 2.10 bits per heavy atom. The highest BCUT2D eigenvalue weighted by atomic mass is 16.6. The van der Waals surface area contributed by atoms with Gasteiger partial charge in [0.25, 0.3) is 0 Å². The van der Waals surface area contributed by atoms with Crippen molar-refractivity contribution >= 4 is 17.7 Å². The van der Waals surface area contributed by atoms with Gasteiger partial charge in [0.1, 0.15) is 17.9 Å². The maximum atomic E-state index is 12.2. The molecule has 0 aliphatic carbocycles. The Labute approximate surface area is 122 Å². The quantitative estimate of drug-likeness (QED) is 0.737. The van der Waals surface area contributed by atoms with Crippen LogP contribution >= 0.6 is 0 Å². The van der Waals surface area contributed by atoms with Gasteiger partial charge in [-0.2, -0.15) is 0 Å². The number of nitrogens with zero attached hydrogens (tertiary/aromatic N) is 2. The molecule has 0 aromatic carbocycles. The first-order valence-corrected chi connectivity index (χ1v) is 6.53. The van der Waals surface area contributed by atoms with E-state index in [2.05, 4.69) is 9.72 Å². The first-order valence-electron chi connectivity index (χ1n) is 6.53. The molecule has 0 N–H and O–H groups in total. The summed E-state index contributed by atoms with van der Waals surface area (Å²) in [6, 6.07) is 1.51. The third-order valence-corrected chi connectivity index (χ3v) is 2.71. The number of amides is 1. The molecule has 7 nitrogen and oxygen atoms in total. The fourth-order valence-electron chi connectivity index (χ4n) is 1.84. The van der Waals surface area contributed by atoms with Gasteiger partial charge < -0.3 is 14.2 Å². The van der Waals surface area contributed by atoms with E-state index in [1.54, 1.807) is 20.8 Å². The van der Waals surface area contributed by atoms with Crippen molar-refractivity contribution < 1.29 is 23.8 Å². The number of hydrogen-bond acceptors (Lipinski definition) is 6. The highest BCUT2D eigenvalue weighted by molar-refractivity contribution is 5.94. The van der Waals surface area contributed by atoms with E-state index < -0.39 is 17.7 Å². The standard InChI is InChI=1S/C14H18N2O5/c1-14(2,3)21-13(18)16-5-6-20-11-10(16)7-9(8-15-11)12(17)19-4/h7-8H,5-6H2,1-4H3. The second-order valence-corrected chi connectivity index (χ2v) is 5.52. The Morgan fingerprint density at radius 3 is 2.71 bits per heavy atom. The van der Waals surface area contributed by atoms with E-state index in [1.807, 2.05) is 0 Å². The lowest BCUT2D eigenvalue weighted by molar-refractivity contribution is 0.0560. The number of rotatable bonds is 1. The molecular weight excluding hydrogens is 276 g/mol. The van der Waals surface area contributed by atoms with E-state index in [9.17, 15) is 9.59 Å². The summed E-state index contributed by atoms with van der Waals surface area (Å²) in [5.41, 5.74) is 0.0388. The normalized spacial score (nSPS) is 14.0. The lowest BCUT2D eigenvalue weighted by atomic mass is 10.2. The van der Waals surface area contributed by atoms with Crippen molar-refractivity contribution in [2.24, 2.45) is 0 Å². The van der Waals surface area contributed by atoms with E-state index >= 15 is 0 Å². The number of carbonyl (C=O) groups excluding carboxylic acids is 2. The Hall–Kier alpha value is -2.31. The molecule has 0 saturated heterocycles. The summed E-state index contributed by atoms with van der Waals surface area (Å²) in [5, 5.41) is 0. The number of carbonyl (C=O) groups is 2. The molecule has 0 unspecified atom stereocenters. The molecule has 0 spiro atoms. The van der Waals surface area contributed by atoms with Gasteiger partial charge in [-0.15, -0.1) is 0 Å². The van der Waals surface area contributed by atoms with Crippen LogP contribution in [0.2, 0.25) is 0 Å². The number of aromatic nitrogens is 1. The summed E-state index contributed by atoms with van der Waals surface area (Å²) < 4.78 is 15.4. The van der Waals surface area contributed by atoms with E-state index in [0.717, 1.165) is 0 Å². The first kappa shape index (κ1) is 15.1. The average Bonchev–Trinajstić information content (AvgIpc) is 2.43. The van der Waals surface area contributed by atoms with Crippen LogP contribution in [0, 0.1) is 0 Å². The number of pyridine rings is 1. The molecule has 2 rings (SSSR count). The molecule has 0 saturated carbocycles. The summed E-state index contributed by atoms with van der Waals surface area (Å²) in [7, 11) is 1.28. The molecule has 1 amide bonds. The van der Waals surface area contributed by atoms with E-state index in [4.69, 9.17) is 9.47 Å². The average molecular weight is 294 g/mol. The van der Waals surface area contributed by atoms with Crippen LogP contribution in [0.5, 0.6) is 5.88 Å².